The average Bonchev–Trinajstić information content (AvgIpc) is 2.76. The second-order valence-electron chi connectivity index (χ2n) is 6.71. The molecule has 0 spiro atoms. The molecule has 1 aliphatic rings. The van der Waals surface area contributed by atoms with E-state index in [-0.39, 0.29) is 22.6 Å². The highest BCUT2D eigenvalue weighted by molar-refractivity contribution is 9.10. The van der Waals surface area contributed by atoms with Crippen LogP contribution in [-0.2, 0) is 6.54 Å². The number of phenols is 1. The molecule has 6 heteroatoms. The lowest BCUT2D eigenvalue weighted by atomic mass is 9.73. The summed E-state index contributed by atoms with van der Waals surface area (Å²) in [5, 5.41) is 23.7. The molecule has 1 aromatic heterocycles. The van der Waals surface area contributed by atoms with Crippen molar-refractivity contribution in [2.75, 3.05) is 0 Å². The summed E-state index contributed by atoms with van der Waals surface area (Å²) in [5.41, 5.74) is 2.56. The lowest BCUT2D eigenvalue weighted by Gasteiger charge is -2.36. The number of hydrogen-bond acceptors (Lipinski definition) is 3. The first-order valence-electron chi connectivity index (χ1n) is 7.02. The first kappa shape index (κ1) is 15.1. The summed E-state index contributed by atoms with van der Waals surface area (Å²) in [7, 11) is 0. The van der Waals surface area contributed by atoms with E-state index in [0.717, 1.165) is 21.4 Å². The number of carboxylic acid groups (broad SMARTS) is 1. The first-order chi connectivity index (χ1) is 10.2. The van der Waals surface area contributed by atoms with Crippen LogP contribution in [0.3, 0.4) is 0 Å². The Hall–Kier alpha value is -1.82. The van der Waals surface area contributed by atoms with Crippen molar-refractivity contribution in [2.45, 2.75) is 33.2 Å². The highest BCUT2D eigenvalue weighted by Crippen LogP contribution is 2.46. The number of aromatic hydroxyl groups is 1. The van der Waals surface area contributed by atoms with Crippen LogP contribution in [0.25, 0.3) is 11.3 Å². The van der Waals surface area contributed by atoms with Crippen LogP contribution in [0.1, 0.15) is 42.6 Å². The molecule has 0 bridgehead atoms. The molecule has 0 saturated carbocycles. The fraction of sp³-hybridized carbons (Fsp3) is 0.375. The van der Waals surface area contributed by atoms with Crippen molar-refractivity contribution >= 4 is 21.9 Å². The van der Waals surface area contributed by atoms with Gasteiger partial charge in [0.2, 0.25) is 0 Å². The van der Waals surface area contributed by atoms with Crippen molar-refractivity contribution < 1.29 is 15.0 Å². The van der Waals surface area contributed by atoms with E-state index < -0.39 is 5.97 Å². The van der Waals surface area contributed by atoms with Gasteiger partial charge in [-0.25, -0.2) is 4.79 Å². The number of fused-ring (bicyclic) bond motifs is 3. The maximum atomic E-state index is 11.3. The van der Waals surface area contributed by atoms with Gasteiger partial charge in [0.05, 0.1) is 5.69 Å². The predicted octanol–water partition coefficient (Wildman–Crippen LogP) is 3.86. The minimum Gasteiger partial charge on any atom is -0.507 e. The highest BCUT2D eigenvalue weighted by Gasteiger charge is 2.35. The van der Waals surface area contributed by atoms with Crippen molar-refractivity contribution in [3.63, 3.8) is 0 Å². The quantitative estimate of drug-likeness (QED) is 0.805. The predicted molar refractivity (Wildman–Crippen MR) is 86.2 cm³/mol. The molecular formula is C16H17BrN2O3. The number of hydrogen-bond donors (Lipinski definition) is 2. The minimum absolute atomic E-state index is 0.0555. The zero-order valence-corrected chi connectivity index (χ0v) is 14.2. The van der Waals surface area contributed by atoms with Crippen molar-refractivity contribution in [1.82, 2.24) is 9.78 Å². The Bertz CT molecular complexity index is 774. The monoisotopic (exact) mass is 364 g/mol. The second kappa shape index (κ2) is 4.84. The van der Waals surface area contributed by atoms with E-state index in [4.69, 9.17) is 0 Å². The van der Waals surface area contributed by atoms with E-state index in [1.165, 1.54) is 6.07 Å². The normalized spacial score (nSPS) is 17.0. The van der Waals surface area contributed by atoms with Crippen LogP contribution >= 0.6 is 15.9 Å². The van der Waals surface area contributed by atoms with Crippen LogP contribution in [0.15, 0.2) is 22.8 Å². The second-order valence-corrected chi connectivity index (χ2v) is 7.53. The summed E-state index contributed by atoms with van der Waals surface area (Å²) in [6.45, 7) is 7.05. The van der Waals surface area contributed by atoms with Gasteiger partial charge in [0.1, 0.15) is 15.9 Å². The molecule has 1 aromatic carbocycles. The van der Waals surface area contributed by atoms with Crippen molar-refractivity contribution in [1.29, 1.82) is 0 Å². The number of carboxylic acids is 1. The molecule has 22 heavy (non-hydrogen) atoms. The average molecular weight is 365 g/mol. The fourth-order valence-corrected chi connectivity index (χ4v) is 3.45. The summed E-state index contributed by atoms with van der Waals surface area (Å²) in [5.74, 6) is -1.22. The summed E-state index contributed by atoms with van der Waals surface area (Å²) in [4.78, 5) is 11.3. The Morgan fingerprint density at radius 3 is 2.64 bits per heavy atom. The van der Waals surface area contributed by atoms with Crippen LogP contribution in [0.2, 0.25) is 0 Å². The summed E-state index contributed by atoms with van der Waals surface area (Å²) >= 11 is 3.38. The van der Waals surface area contributed by atoms with Crippen LogP contribution in [0.4, 0.5) is 0 Å². The smallest absolute Gasteiger partial charge is 0.339 e. The van der Waals surface area contributed by atoms with Gasteiger partial charge in [0, 0.05) is 18.0 Å². The first-order valence-corrected chi connectivity index (χ1v) is 7.81. The molecule has 5 nitrogen and oxygen atoms in total. The molecule has 0 saturated heterocycles. The number of carbonyl (C=O) groups is 1. The molecule has 0 unspecified atom stereocenters. The molecule has 2 N–H and O–H groups in total. The Morgan fingerprint density at radius 1 is 1.36 bits per heavy atom. The lowest BCUT2D eigenvalue weighted by Crippen LogP contribution is -2.28. The molecule has 2 heterocycles. The molecule has 0 fully saturated rings. The molecule has 3 rings (SSSR count). The van der Waals surface area contributed by atoms with Gasteiger partial charge in [-0.1, -0.05) is 20.8 Å². The minimum atomic E-state index is -1.12. The van der Waals surface area contributed by atoms with Gasteiger partial charge in [0.25, 0.3) is 0 Å². The molecule has 1 atom stereocenters. The third kappa shape index (κ3) is 2.31. The Balaban J connectivity index is 2.30. The zero-order valence-electron chi connectivity index (χ0n) is 12.6. The van der Waals surface area contributed by atoms with E-state index in [1.807, 2.05) is 10.7 Å². The van der Waals surface area contributed by atoms with Gasteiger partial charge < -0.3 is 10.2 Å². The number of benzene rings is 1. The van der Waals surface area contributed by atoms with E-state index in [1.54, 1.807) is 6.07 Å². The van der Waals surface area contributed by atoms with Crippen molar-refractivity contribution in [2.24, 2.45) is 5.41 Å². The van der Waals surface area contributed by atoms with Gasteiger partial charge >= 0.3 is 5.97 Å². The van der Waals surface area contributed by atoms with Gasteiger partial charge in [-0.05, 0) is 45.1 Å². The summed E-state index contributed by atoms with van der Waals surface area (Å²) < 4.78 is 2.63. The van der Waals surface area contributed by atoms with Crippen molar-refractivity contribution in [3.8, 4) is 17.0 Å². The maximum Gasteiger partial charge on any atom is 0.339 e. The number of halogens is 1. The number of rotatable bonds is 1. The van der Waals surface area contributed by atoms with E-state index in [9.17, 15) is 15.0 Å². The van der Waals surface area contributed by atoms with Gasteiger partial charge in [0.15, 0.2) is 0 Å². The Kier molecular flexibility index (Phi) is 3.32. The van der Waals surface area contributed by atoms with Crippen molar-refractivity contribution in [3.05, 3.63) is 33.9 Å². The third-order valence-corrected chi connectivity index (χ3v) is 4.59. The van der Waals surface area contributed by atoms with Crippen LogP contribution in [0, 0.1) is 5.41 Å². The largest absolute Gasteiger partial charge is 0.507 e. The van der Waals surface area contributed by atoms with Gasteiger partial charge in [-0.3, -0.25) is 4.68 Å². The topological polar surface area (TPSA) is 75.3 Å². The number of aromatic nitrogens is 2. The molecule has 0 amide bonds. The van der Waals surface area contributed by atoms with E-state index >= 15 is 0 Å². The molecule has 116 valence electrons. The SMILES string of the molecule is CC(C)(C)[C@@H]1Cn2nc(Br)cc2-c2cc(O)c(C(=O)O)cc21. The van der Waals surface area contributed by atoms with Gasteiger partial charge in [-0.15, -0.1) is 0 Å². The van der Waals surface area contributed by atoms with Crippen LogP contribution < -0.4 is 0 Å². The fourth-order valence-electron chi connectivity index (χ4n) is 3.04. The molecule has 0 aliphatic carbocycles. The van der Waals surface area contributed by atoms with E-state index in [0.29, 0.717) is 6.54 Å². The van der Waals surface area contributed by atoms with Crippen LogP contribution in [-0.4, -0.2) is 26.0 Å². The zero-order chi connectivity index (χ0) is 16.2. The van der Waals surface area contributed by atoms with Gasteiger partial charge in [-0.2, -0.15) is 5.10 Å². The third-order valence-electron chi connectivity index (χ3n) is 4.20. The molecule has 1 aliphatic heterocycles. The lowest BCUT2D eigenvalue weighted by molar-refractivity contribution is 0.0693. The molecule has 0 radical (unpaired) electrons. The highest BCUT2D eigenvalue weighted by atomic mass is 79.9. The molecular weight excluding hydrogens is 348 g/mol. The number of nitrogens with zero attached hydrogens (tertiary/aromatic N) is 2. The standard InChI is InChI=1S/C16H17BrN2O3/c1-16(2,3)11-7-19-12(6-14(17)18-19)9-5-13(20)10(15(21)22)4-8(9)11/h4-6,11,20H,7H2,1-3H3,(H,21,22)/t11-/m1/s1. The van der Waals surface area contributed by atoms with E-state index in [2.05, 4.69) is 41.8 Å². The molecule has 2 aromatic rings. The van der Waals surface area contributed by atoms with Crippen LogP contribution in [0.5, 0.6) is 5.75 Å². The number of aromatic carboxylic acids is 1. The Labute approximate surface area is 136 Å². The summed E-state index contributed by atoms with van der Waals surface area (Å²) in [6, 6.07) is 5.03. The maximum absolute atomic E-state index is 11.3. The summed E-state index contributed by atoms with van der Waals surface area (Å²) in [6.07, 6.45) is 0. The Morgan fingerprint density at radius 2 is 2.05 bits per heavy atom.